The van der Waals surface area contributed by atoms with Crippen molar-refractivity contribution in [1.29, 1.82) is 0 Å². The van der Waals surface area contributed by atoms with Gasteiger partial charge in [0.05, 0.1) is 11.3 Å². The minimum Gasteiger partial charge on any atom is -0.481 e. The molecule has 5 heteroatoms. The Hall–Kier alpha value is -3.60. The van der Waals surface area contributed by atoms with Gasteiger partial charge in [-0.3, -0.25) is 9.59 Å². The number of amides is 2. The number of carbonyl (C=O) groups is 2. The Bertz CT molecular complexity index is 1100. The van der Waals surface area contributed by atoms with Crippen LogP contribution >= 0.6 is 0 Å². The van der Waals surface area contributed by atoms with Crippen LogP contribution in [-0.2, 0) is 24.2 Å². The predicted octanol–water partition coefficient (Wildman–Crippen LogP) is 4.90. The molecule has 3 aromatic rings. The smallest absolute Gasteiger partial charge is 0.265 e. The highest BCUT2D eigenvalue weighted by Crippen LogP contribution is 2.30. The van der Waals surface area contributed by atoms with Crippen molar-refractivity contribution in [3.63, 3.8) is 0 Å². The summed E-state index contributed by atoms with van der Waals surface area (Å²) in [5.74, 6) is 0.246. The molecule has 1 aliphatic carbocycles. The fraction of sp³-hybridized carbons (Fsp3) is 0.259. The van der Waals surface area contributed by atoms with Crippen molar-refractivity contribution < 1.29 is 14.3 Å². The summed E-state index contributed by atoms with van der Waals surface area (Å²) in [5.41, 5.74) is 4.41. The highest BCUT2D eigenvalue weighted by Gasteiger charge is 2.21. The van der Waals surface area contributed by atoms with Gasteiger partial charge < -0.3 is 15.4 Å². The summed E-state index contributed by atoms with van der Waals surface area (Å²) in [4.78, 5) is 25.6. The Labute approximate surface area is 188 Å². The predicted molar refractivity (Wildman–Crippen MR) is 126 cm³/mol. The molecule has 2 amide bonds. The summed E-state index contributed by atoms with van der Waals surface area (Å²) in [5, 5.41) is 5.78. The van der Waals surface area contributed by atoms with Gasteiger partial charge in [0.1, 0.15) is 5.75 Å². The van der Waals surface area contributed by atoms with E-state index in [1.54, 1.807) is 31.2 Å². The zero-order chi connectivity index (χ0) is 22.3. The molecule has 0 aromatic heterocycles. The van der Waals surface area contributed by atoms with Gasteiger partial charge >= 0.3 is 0 Å². The highest BCUT2D eigenvalue weighted by atomic mass is 16.5. The van der Waals surface area contributed by atoms with E-state index in [1.807, 2.05) is 42.5 Å². The Morgan fingerprint density at radius 3 is 2.50 bits per heavy atom. The normalized spacial score (nSPS) is 13.5. The van der Waals surface area contributed by atoms with Crippen LogP contribution in [0.25, 0.3) is 0 Å². The van der Waals surface area contributed by atoms with Crippen LogP contribution in [0.15, 0.2) is 72.8 Å². The first-order chi connectivity index (χ1) is 15.6. The van der Waals surface area contributed by atoms with E-state index in [-0.39, 0.29) is 11.8 Å². The van der Waals surface area contributed by atoms with Gasteiger partial charge in [0.15, 0.2) is 6.10 Å². The van der Waals surface area contributed by atoms with E-state index >= 15 is 0 Å². The van der Waals surface area contributed by atoms with Crippen LogP contribution in [0.1, 0.15) is 46.8 Å². The number of hydrogen-bond donors (Lipinski definition) is 2. The lowest BCUT2D eigenvalue weighted by atomic mass is 9.91. The summed E-state index contributed by atoms with van der Waals surface area (Å²) in [6.07, 6.45) is 3.67. The number of benzene rings is 3. The summed E-state index contributed by atoms with van der Waals surface area (Å²) in [6.45, 7) is 2.15. The van der Waals surface area contributed by atoms with Gasteiger partial charge in [0, 0.05) is 6.54 Å². The Balaban J connectivity index is 1.42. The van der Waals surface area contributed by atoms with E-state index in [9.17, 15) is 9.59 Å². The van der Waals surface area contributed by atoms with Gasteiger partial charge in [-0.1, -0.05) is 54.6 Å². The van der Waals surface area contributed by atoms with Gasteiger partial charge in [-0.2, -0.15) is 0 Å². The van der Waals surface area contributed by atoms with Crippen LogP contribution in [0.4, 0.5) is 5.69 Å². The Morgan fingerprint density at radius 2 is 1.66 bits per heavy atom. The summed E-state index contributed by atoms with van der Waals surface area (Å²) in [6, 6.07) is 22.8. The van der Waals surface area contributed by atoms with Crippen molar-refractivity contribution in [2.75, 3.05) is 5.32 Å². The second kappa shape index (κ2) is 10.1. The minimum atomic E-state index is -0.691. The van der Waals surface area contributed by atoms with E-state index in [0.717, 1.165) is 30.6 Å². The average Bonchev–Trinajstić information content (AvgIpc) is 2.83. The molecular formula is C27H28N2O3. The first kappa shape index (κ1) is 21.6. The number of hydrogen-bond acceptors (Lipinski definition) is 3. The second-order valence-corrected chi connectivity index (χ2v) is 8.06. The molecule has 0 heterocycles. The molecule has 32 heavy (non-hydrogen) atoms. The maximum atomic E-state index is 12.9. The molecule has 0 spiro atoms. The summed E-state index contributed by atoms with van der Waals surface area (Å²) >= 11 is 0. The quantitative estimate of drug-likeness (QED) is 0.562. The molecule has 0 aliphatic heterocycles. The first-order valence-electron chi connectivity index (χ1n) is 11.1. The molecule has 0 saturated carbocycles. The molecule has 3 aromatic carbocycles. The summed E-state index contributed by atoms with van der Waals surface area (Å²) < 4.78 is 6.04. The van der Waals surface area contributed by atoms with Crippen molar-refractivity contribution in [3.8, 4) is 5.75 Å². The number of anilines is 1. The highest BCUT2D eigenvalue weighted by molar-refractivity contribution is 6.04. The average molecular weight is 429 g/mol. The van der Waals surface area contributed by atoms with Gasteiger partial charge in [-0.05, 0) is 67.5 Å². The Morgan fingerprint density at radius 1 is 0.906 bits per heavy atom. The number of fused-ring (bicyclic) bond motifs is 1. The monoisotopic (exact) mass is 428 g/mol. The third-order valence-corrected chi connectivity index (χ3v) is 5.75. The first-order valence-corrected chi connectivity index (χ1v) is 11.1. The third kappa shape index (κ3) is 5.17. The van der Waals surface area contributed by atoms with Crippen molar-refractivity contribution in [2.24, 2.45) is 0 Å². The van der Waals surface area contributed by atoms with Crippen molar-refractivity contribution in [1.82, 2.24) is 5.32 Å². The standard InChI is InChI=1S/C27H28N2O3/c1-19(32-25-17-9-13-21-12-5-6-14-22(21)25)26(30)29-24-16-8-7-15-23(24)27(31)28-18-20-10-3-2-4-11-20/h2-4,7-11,13,15-17,19H,5-6,12,14,18H2,1H3,(H,28,31)(H,29,30). The molecule has 0 bridgehead atoms. The fourth-order valence-electron chi connectivity index (χ4n) is 4.00. The number of nitrogens with one attached hydrogen (secondary N) is 2. The lowest BCUT2D eigenvalue weighted by molar-refractivity contribution is -0.122. The van der Waals surface area contributed by atoms with Crippen LogP contribution in [0.3, 0.4) is 0 Å². The topological polar surface area (TPSA) is 67.4 Å². The number of carbonyl (C=O) groups excluding carboxylic acids is 2. The molecule has 0 radical (unpaired) electrons. The lowest BCUT2D eigenvalue weighted by Gasteiger charge is -2.22. The second-order valence-electron chi connectivity index (χ2n) is 8.06. The van der Waals surface area contributed by atoms with E-state index < -0.39 is 6.10 Å². The molecular weight excluding hydrogens is 400 g/mol. The van der Waals surface area contributed by atoms with E-state index in [2.05, 4.69) is 16.7 Å². The number of rotatable bonds is 7. The van der Waals surface area contributed by atoms with Crippen LogP contribution in [0.2, 0.25) is 0 Å². The van der Waals surface area contributed by atoms with Gasteiger partial charge in [-0.25, -0.2) is 0 Å². The third-order valence-electron chi connectivity index (χ3n) is 5.75. The van der Waals surface area contributed by atoms with Gasteiger partial charge in [0.2, 0.25) is 0 Å². The maximum Gasteiger partial charge on any atom is 0.265 e. The molecule has 1 atom stereocenters. The molecule has 5 nitrogen and oxygen atoms in total. The molecule has 1 aliphatic rings. The van der Waals surface area contributed by atoms with Crippen LogP contribution in [0, 0.1) is 0 Å². The van der Waals surface area contributed by atoms with Gasteiger partial charge in [0.25, 0.3) is 11.8 Å². The van der Waals surface area contributed by atoms with Crippen LogP contribution in [-0.4, -0.2) is 17.9 Å². The van der Waals surface area contributed by atoms with Crippen LogP contribution < -0.4 is 15.4 Å². The number of aryl methyl sites for hydroxylation is 1. The molecule has 164 valence electrons. The fourth-order valence-corrected chi connectivity index (χ4v) is 4.00. The van der Waals surface area contributed by atoms with Crippen LogP contribution in [0.5, 0.6) is 5.75 Å². The zero-order valence-electron chi connectivity index (χ0n) is 18.3. The lowest BCUT2D eigenvalue weighted by Crippen LogP contribution is -2.32. The maximum absolute atomic E-state index is 12.9. The molecule has 2 N–H and O–H groups in total. The van der Waals surface area contributed by atoms with E-state index in [1.165, 1.54) is 17.5 Å². The molecule has 1 unspecified atom stereocenters. The Kier molecular flexibility index (Phi) is 6.85. The van der Waals surface area contributed by atoms with Crippen molar-refractivity contribution in [3.05, 3.63) is 95.1 Å². The van der Waals surface area contributed by atoms with E-state index in [4.69, 9.17) is 4.74 Å². The number of ether oxygens (including phenoxy) is 1. The largest absolute Gasteiger partial charge is 0.481 e. The summed E-state index contributed by atoms with van der Waals surface area (Å²) in [7, 11) is 0. The van der Waals surface area contributed by atoms with Crippen molar-refractivity contribution in [2.45, 2.75) is 45.3 Å². The van der Waals surface area contributed by atoms with Crippen molar-refractivity contribution >= 4 is 17.5 Å². The molecule has 4 rings (SSSR count). The number of para-hydroxylation sites is 1. The zero-order valence-corrected chi connectivity index (χ0v) is 18.3. The minimum absolute atomic E-state index is 0.240. The van der Waals surface area contributed by atoms with E-state index in [0.29, 0.717) is 17.8 Å². The SMILES string of the molecule is CC(Oc1cccc2c1CCCC2)C(=O)Nc1ccccc1C(=O)NCc1ccccc1. The van der Waals surface area contributed by atoms with Gasteiger partial charge in [-0.15, -0.1) is 0 Å². The molecule has 0 fully saturated rings. The molecule has 0 saturated heterocycles.